The van der Waals surface area contributed by atoms with Crippen LogP contribution in [0.4, 0.5) is 13.2 Å². The van der Waals surface area contributed by atoms with Crippen LogP contribution in [-0.4, -0.2) is 0 Å². The van der Waals surface area contributed by atoms with Crippen molar-refractivity contribution in [3.05, 3.63) is 32.4 Å². The summed E-state index contributed by atoms with van der Waals surface area (Å²) in [6.45, 7) is 0. The van der Waals surface area contributed by atoms with Crippen molar-refractivity contribution in [2.24, 2.45) is 0 Å². The maximum atomic E-state index is 12.5. The van der Waals surface area contributed by atoms with Crippen LogP contribution in [0.25, 0.3) is 0 Å². The van der Waals surface area contributed by atoms with Gasteiger partial charge in [0.2, 0.25) is 0 Å². The van der Waals surface area contributed by atoms with Gasteiger partial charge in [0, 0.05) is 8.90 Å². The van der Waals surface area contributed by atoms with Gasteiger partial charge in [-0.15, -0.1) is 0 Å². The van der Waals surface area contributed by atoms with E-state index >= 15 is 0 Å². The first-order chi connectivity index (χ1) is 6.91. The standard InChI is InChI=1S/C9H4BrF3IN/c10-3-5-6(4-15)7(9(11,12)13)1-2-8(5)14/h1-2H,3H2. The fraction of sp³-hybridized carbons (Fsp3) is 0.222. The molecule has 15 heavy (non-hydrogen) atoms. The Morgan fingerprint density at radius 3 is 2.40 bits per heavy atom. The van der Waals surface area contributed by atoms with Gasteiger partial charge in [0.25, 0.3) is 0 Å². The molecule has 0 saturated carbocycles. The number of hydrogen-bond donors (Lipinski definition) is 0. The Hall–Kier alpha value is -0.290. The topological polar surface area (TPSA) is 23.8 Å². The first-order valence-corrected chi connectivity index (χ1v) is 5.96. The molecule has 0 radical (unpaired) electrons. The molecule has 0 aliphatic carbocycles. The predicted octanol–water partition coefficient (Wildman–Crippen LogP) is 4.08. The van der Waals surface area contributed by atoms with Crippen LogP contribution in [0.2, 0.25) is 0 Å². The third-order valence-corrected chi connectivity index (χ3v) is 3.38. The van der Waals surface area contributed by atoms with Gasteiger partial charge >= 0.3 is 6.18 Å². The summed E-state index contributed by atoms with van der Waals surface area (Å²) in [4.78, 5) is 0. The van der Waals surface area contributed by atoms with E-state index in [-0.39, 0.29) is 10.9 Å². The van der Waals surface area contributed by atoms with Crippen LogP contribution in [0.5, 0.6) is 0 Å². The molecule has 0 heterocycles. The lowest BCUT2D eigenvalue weighted by molar-refractivity contribution is -0.137. The van der Waals surface area contributed by atoms with E-state index in [4.69, 9.17) is 5.26 Å². The molecular weight excluding hydrogens is 386 g/mol. The van der Waals surface area contributed by atoms with Crippen LogP contribution < -0.4 is 0 Å². The lowest BCUT2D eigenvalue weighted by Gasteiger charge is -2.12. The zero-order chi connectivity index (χ0) is 11.6. The molecule has 0 atom stereocenters. The van der Waals surface area contributed by atoms with Crippen LogP contribution in [0.15, 0.2) is 12.1 Å². The molecule has 0 aliphatic heterocycles. The highest BCUT2D eigenvalue weighted by atomic mass is 127. The lowest BCUT2D eigenvalue weighted by Crippen LogP contribution is -2.10. The monoisotopic (exact) mass is 389 g/mol. The van der Waals surface area contributed by atoms with E-state index < -0.39 is 11.7 Å². The Bertz CT molecular complexity index is 423. The minimum atomic E-state index is -4.48. The third-order valence-electron chi connectivity index (χ3n) is 1.81. The molecule has 0 bridgehead atoms. The summed E-state index contributed by atoms with van der Waals surface area (Å²) < 4.78 is 38.2. The lowest BCUT2D eigenvalue weighted by atomic mass is 10.0. The minimum absolute atomic E-state index is 0.234. The van der Waals surface area contributed by atoms with Crippen LogP contribution in [0.3, 0.4) is 0 Å². The minimum Gasteiger partial charge on any atom is -0.192 e. The first kappa shape index (κ1) is 12.8. The van der Waals surface area contributed by atoms with Crippen LogP contribution in [0, 0.1) is 14.9 Å². The van der Waals surface area contributed by atoms with E-state index in [0.717, 1.165) is 6.07 Å². The van der Waals surface area contributed by atoms with E-state index in [1.54, 1.807) is 6.07 Å². The van der Waals surface area contributed by atoms with Gasteiger partial charge in [-0.2, -0.15) is 18.4 Å². The summed E-state index contributed by atoms with van der Waals surface area (Å²) in [5.74, 6) is 0. The number of alkyl halides is 4. The summed E-state index contributed by atoms with van der Waals surface area (Å²) in [5.41, 5.74) is -0.793. The van der Waals surface area contributed by atoms with Crippen molar-refractivity contribution in [3.63, 3.8) is 0 Å². The molecule has 0 aliphatic rings. The van der Waals surface area contributed by atoms with Gasteiger partial charge in [-0.25, -0.2) is 0 Å². The van der Waals surface area contributed by atoms with Crippen LogP contribution in [-0.2, 0) is 11.5 Å². The highest BCUT2D eigenvalue weighted by Crippen LogP contribution is 2.35. The van der Waals surface area contributed by atoms with E-state index in [0.29, 0.717) is 9.13 Å². The summed E-state index contributed by atoms with van der Waals surface area (Å²) >= 11 is 4.98. The van der Waals surface area contributed by atoms with Gasteiger partial charge < -0.3 is 0 Å². The Labute approximate surface area is 107 Å². The normalized spacial score (nSPS) is 11.2. The molecular formula is C9H4BrF3IN. The van der Waals surface area contributed by atoms with Gasteiger partial charge in [-0.05, 0) is 40.3 Å². The zero-order valence-electron chi connectivity index (χ0n) is 7.20. The second kappa shape index (κ2) is 4.70. The fourth-order valence-electron chi connectivity index (χ4n) is 1.12. The maximum Gasteiger partial charge on any atom is 0.417 e. The van der Waals surface area contributed by atoms with E-state index in [1.165, 1.54) is 6.07 Å². The molecule has 6 heteroatoms. The molecule has 0 saturated heterocycles. The van der Waals surface area contributed by atoms with E-state index in [9.17, 15) is 13.2 Å². The summed E-state index contributed by atoms with van der Waals surface area (Å²) in [6.07, 6.45) is -4.48. The van der Waals surface area contributed by atoms with Crippen molar-refractivity contribution in [1.29, 1.82) is 5.26 Å². The number of nitriles is 1. The average Bonchev–Trinajstić information content (AvgIpc) is 2.15. The van der Waals surface area contributed by atoms with Crippen molar-refractivity contribution in [2.45, 2.75) is 11.5 Å². The quantitative estimate of drug-likeness (QED) is 0.524. The van der Waals surface area contributed by atoms with Crippen molar-refractivity contribution < 1.29 is 13.2 Å². The number of benzene rings is 1. The predicted molar refractivity (Wildman–Crippen MR) is 61.5 cm³/mol. The molecule has 1 aromatic carbocycles. The Kier molecular flexibility index (Phi) is 4.00. The SMILES string of the molecule is N#Cc1c(C(F)(F)F)ccc(I)c1CBr. The largest absolute Gasteiger partial charge is 0.417 e. The molecule has 1 aromatic rings. The first-order valence-electron chi connectivity index (χ1n) is 3.76. The number of rotatable bonds is 1. The van der Waals surface area contributed by atoms with E-state index in [1.807, 2.05) is 22.6 Å². The van der Waals surface area contributed by atoms with Crippen molar-refractivity contribution in [2.75, 3.05) is 0 Å². The van der Waals surface area contributed by atoms with Gasteiger partial charge in [-0.3, -0.25) is 0 Å². The molecule has 0 fully saturated rings. The zero-order valence-corrected chi connectivity index (χ0v) is 10.9. The van der Waals surface area contributed by atoms with Crippen molar-refractivity contribution >= 4 is 38.5 Å². The highest BCUT2D eigenvalue weighted by molar-refractivity contribution is 14.1. The Morgan fingerprint density at radius 1 is 1.40 bits per heavy atom. The average molecular weight is 390 g/mol. The maximum absolute atomic E-state index is 12.5. The van der Waals surface area contributed by atoms with Crippen LogP contribution in [0.1, 0.15) is 16.7 Å². The van der Waals surface area contributed by atoms with Gasteiger partial charge in [0.05, 0.1) is 11.1 Å². The molecule has 0 aromatic heterocycles. The van der Waals surface area contributed by atoms with Gasteiger partial charge in [0.15, 0.2) is 0 Å². The summed E-state index contributed by atoms with van der Waals surface area (Å²) in [7, 11) is 0. The molecule has 0 N–H and O–H groups in total. The van der Waals surface area contributed by atoms with Gasteiger partial charge in [0.1, 0.15) is 6.07 Å². The molecule has 1 nitrogen and oxygen atoms in total. The fourth-order valence-corrected chi connectivity index (χ4v) is 2.86. The third kappa shape index (κ3) is 2.64. The van der Waals surface area contributed by atoms with Crippen molar-refractivity contribution in [1.82, 2.24) is 0 Å². The Morgan fingerprint density at radius 2 is 2.00 bits per heavy atom. The Balaban J connectivity index is 3.51. The number of nitrogens with zero attached hydrogens (tertiary/aromatic N) is 1. The summed E-state index contributed by atoms with van der Waals surface area (Å²) in [6, 6.07) is 3.91. The number of hydrogen-bond acceptors (Lipinski definition) is 1. The molecule has 0 amide bonds. The van der Waals surface area contributed by atoms with Gasteiger partial charge in [-0.1, -0.05) is 15.9 Å². The molecule has 0 spiro atoms. The molecule has 0 unspecified atom stereocenters. The second-order valence-electron chi connectivity index (χ2n) is 2.69. The smallest absolute Gasteiger partial charge is 0.192 e. The second-order valence-corrected chi connectivity index (χ2v) is 4.41. The summed E-state index contributed by atoms with van der Waals surface area (Å²) in [5, 5.41) is 8.98. The van der Waals surface area contributed by atoms with Crippen molar-refractivity contribution in [3.8, 4) is 6.07 Å². The number of halogens is 5. The highest BCUT2D eigenvalue weighted by Gasteiger charge is 2.34. The van der Waals surface area contributed by atoms with Crippen LogP contribution >= 0.6 is 38.5 Å². The molecule has 80 valence electrons. The molecule has 1 rings (SSSR count). The van der Waals surface area contributed by atoms with E-state index in [2.05, 4.69) is 15.9 Å².